The van der Waals surface area contributed by atoms with Crippen molar-refractivity contribution in [1.29, 1.82) is 0 Å². The van der Waals surface area contributed by atoms with Crippen LogP contribution in [0.5, 0.6) is 5.75 Å². The molecule has 0 fully saturated rings. The summed E-state index contributed by atoms with van der Waals surface area (Å²) in [5.41, 5.74) is -2.76. The van der Waals surface area contributed by atoms with E-state index in [9.17, 15) is 18.3 Å². The van der Waals surface area contributed by atoms with E-state index in [1.807, 2.05) is 0 Å². The van der Waals surface area contributed by atoms with Gasteiger partial charge in [0, 0.05) is 28.9 Å². The monoisotopic (exact) mass is 359 g/mol. The van der Waals surface area contributed by atoms with Crippen molar-refractivity contribution in [3.05, 3.63) is 58.4 Å². The Morgan fingerprint density at radius 2 is 1.88 bits per heavy atom. The molecule has 2 rings (SSSR count). The van der Waals surface area contributed by atoms with Crippen molar-refractivity contribution in [1.82, 2.24) is 4.98 Å². The lowest BCUT2D eigenvalue weighted by atomic mass is 9.78. The van der Waals surface area contributed by atoms with Crippen molar-refractivity contribution in [2.75, 3.05) is 7.11 Å². The molecular formula is C17H17ClF3NO2. The van der Waals surface area contributed by atoms with E-state index in [4.69, 9.17) is 16.3 Å². The number of aryl methyl sites for hydroxylation is 1. The lowest BCUT2D eigenvalue weighted by Crippen LogP contribution is -2.46. The van der Waals surface area contributed by atoms with Gasteiger partial charge < -0.3 is 9.84 Å². The number of pyridine rings is 1. The summed E-state index contributed by atoms with van der Waals surface area (Å²) in [6.45, 7) is 2.89. The zero-order valence-electron chi connectivity index (χ0n) is 13.4. The van der Waals surface area contributed by atoms with E-state index in [0.29, 0.717) is 11.3 Å². The van der Waals surface area contributed by atoms with E-state index in [1.165, 1.54) is 44.5 Å². The third-order valence-electron chi connectivity index (χ3n) is 4.05. The van der Waals surface area contributed by atoms with Crippen LogP contribution in [-0.4, -0.2) is 23.4 Å². The SMILES string of the molecule is COc1ccc(C(C)C(O)(c2cncc(C)c2)C(F)(F)F)c(Cl)c1. The number of alkyl halides is 3. The number of benzene rings is 1. The summed E-state index contributed by atoms with van der Waals surface area (Å²) in [5, 5.41) is 10.7. The first kappa shape index (κ1) is 18.5. The Morgan fingerprint density at radius 1 is 1.21 bits per heavy atom. The van der Waals surface area contributed by atoms with Crippen molar-refractivity contribution in [3.63, 3.8) is 0 Å². The molecule has 0 spiro atoms. The molecule has 0 aliphatic carbocycles. The summed E-state index contributed by atoms with van der Waals surface area (Å²) in [6.07, 6.45) is -2.47. The molecule has 3 nitrogen and oxygen atoms in total. The highest BCUT2D eigenvalue weighted by atomic mass is 35.5. The summed E-state index contributed by atoms with van der Waals surface area (Å²) in [7, 11) is 1.43. The molecular weight excluding hydrogens is 343 g/mol. The number of rotatable bonds is 4. The Bertz CT molecular complexity index is 736. The van der Waals surface area contributed by atoms with Crippen molar-refractivity contribution in [3.8, 4) is 5.75 Å². The number of aromatic nitrogens is 1. The molecule has 1 heterocycles. The van der Waals surface area contributed by atoms with Crippen LogP contribution in [0.25, 0.3) is 0 Å². The Kier molecular flexibility index (Phi) is 5.11. The number of methoxy groups -OCH3 is 1. The van der Waals surface area contributed by atoms with Crippen LogP contribution < -0.4 is 4.74 Å². The number of nitrogens with zero attached hydrogens (tertiary/aromatic N) is 1. The van der Waals surface area contributed by atoms with Crippen LogP contribution in [0.15, 0.2) is 36.7 Å². The molecule has 2 aromatic rings. The maximum absolute atomic E-state index is 13.8. The van der Waals surface area contributed by atoms with Gasteiger partial charge in [-0.25, -0.2) is 0 Å². The number of aliphatic hydroxyl groups is 1. The molecule has 130 valence electrons. The predicted octanol–water partition coefficient (Wildman–Crippen LogP) is 4.61. The second-order valence-corrected chi connectivity index (χ2v) is 6.03. The quantitative estimate of drug-likeness (QED) is 0.867. The highest BCUT2D eigenvalue weighted by molar-refractivity contribution is 6.31. The summed E-state index contributed by atoms with van der Waals surface area (Å²) >= 11 is 6.10. The molecule has 2 atom stereocenters. The minimum Gasteiger partial charge on any atom is -0.497 e. The maximum atomic E-state index is 13.8. The van der Waals surface area contributed by atoms with Crippen LogP contribution in [0.3, 0.4) is 0 Å². The van der Waals surface area contributed by atoms with E-state index in [-0.39, 0.29) is 16.1 Å². The van der Waals surface area contributed by atoms with Crippen LogP contribution in [0, 0.1) is 6.92 Å². The van der Waals surface area contributed by atoms with Crippen molar-refractivity contribution in [2.24, 2.45) is 0 Å². The number of halogens is 4. The van der Waals surface area contributed by atoms with Gasteiger partial charge in [-0.05, 0) is 36.2 Å². The molecule has 0 bridgehead atoms. The van der Waals surface area contributed by atoms with Crippen LogP contribution in [-0.2, 0) is 5.60 Å². The molecule has 1 N–H and O–H groups in total. The Balaban J connectivity index is 2.60. The van der Waals surface area contributed by atoms with E-state index in [0.717, 1.165) is 6.20 Å². The first-order chi connectivity index (χ1) is 11.1. The highest BCUT2D eigenvalue weighted by Crippen LogP contribution is 2.49. The van der Waals surface area contributed by atoms with Crippen LogP contribution >= 0.6 is 11.6 Å². The third kappa shape index (κ3) is 3.21. The molecule has 1 aromatic carbocycles. The topological polar surface area (TPSA) is 42.4 Å². The summed E-state index contributed by atoms with van der Waals surface area (Å²) in [6, 6.07) is 5.61. The maximum Gasteiger partial charge on any atom is 0.422 e. The van der Waals surface area contributed by atoms with Gasteiger partial charge in [-0.2, -0.15) is 13.2 Å². The molecule has 0 radical (unpaired) electrons. The van der Waals surface area contributed by atoms with Crippen molar-refractivity contribution >= 4 is 11.6 Å². The van der Waals surface area contributed by atoms with Crippen molar-refractivity contribution < 1.29 is 23.0 Å². The average Bonchev–Trinajstić information content (AvgIpc) is 2.52. The van der Waals surface area contributed by atoms with E-state index in [1.54, 1.807) is 6.92 Å². The van der Waals surface area contributed by atoms with Gasteiger partial charge >= 0.3 is 6.18 Å². The minimum absolute atomic E-state index is 0.0881. The molecule has 0 saturated carbocycles. The normalized spacial score (nSPS) is 15.7. The second-order valence-electron chi connectivity index (χ2n) is 5.62. The van der Waals surface area contributed by atoms with Gasteiger partial charge in [0.25, 0.3) is 0 Å². The summed E-state index contributed by atoms with van der Waals surface area (Å²) in [5.74, 6) is -0.928. The first-order valence-electron chi connectivity index (χ1n) is 7.16. The first-order valence-corrected chi connectivity index (χ1v) is 7.53. The minimum atomic E-state index is -4.91. The molecule has 0 aliphatic rings. The Labute approximate surface area is 143 Å². The molecule has 7 heteroatoms. The zero-order chi connectivity index (χ0) is 18.1. The molecule has 1 aromatic heterocycles. The smallest absolute Gasteiger partial charge is 0.422 e. The van der Waals surface area contributed by atoms with Gasteiger partial charge in [-0.3, -0.25) is 4.98 Å². The van der Waals surface area contributed by atoms with Gasteiger partial charge in [0.05, 0.1) is 7.11 Å². The third-order valence-corrected chi connectivity index (χ3v) is 4.38. The van der Waals surface area contributed by atoms with Gasteiger partial charge in [0.15, 0.2) is 5.60 Å². The van der Waals surface area contributed by atoms with Gasteiger partial charge in [-0.1, -0.05) is 24.6 Å². The molecule has 0 saturated heterocycles. The summed E-state index contributed by atoms with van der Waals surface area (Å²) in [4.78, 5) is 3.78. The van der Waals surface area contributed by atoms with Crippen LogP contribution in [0.2, 0.25) is 5.02 Å². The predicted molar refractivity (Wildman–Crippen MR) is 85.3 cm³/mol. The van der Waals surface area contributed by atoms with E-state index >= 15 is 0 Å². The van der Waals surface area contributed by atoms with Crippen LogP contribution in [0.4, 0.5) is 13.2 Å². The van der Waals surface area contributed by atoms with Gasteiger partial charge in [0.1, 0.15) is 5.75 Å². The lowest BCUT2D eigenvalue weighted by molar-refractivity contribution is -0.274. The van der Waals surface area contributed by atoms with E-state index in [2.05, 4.69) is 4.98 Å². The largest absolute Gasteiger partial charge is 0.497 e. The number of hydrogen-bond donors (Lipinski definition) is 1. The fraction of sp³-hybridized carbons (Fsp3) is 0.353. The van der Waals surface area contributed by atoms with Crippen LogP contribution in [0.1, 0.15) is 29.5 Å². The van der Waals surface area contributed by atoms with E-state index < -0.39 is 17.7 Å². The Morgan fingerprint density at radius 3 is 2.38 bits per heavy atom. The fourth-order valence-corrected chi connectivity index (χ4v) is 2.97. The second kappa shape index (κ2) is 6.61. The fourth-order valence-electron chi connectivity index (χ4n) is 2.63. The number of hydrogen-bond acceptors (Lipinski definition) is 3. The molecule has 24 heavy (non-hydrogen) atoms. The van der Waals surface area contributed by atoms with Gasteiger partial charge in [-0.15, -0.1) is 0 Å². The van der Waals surface area contributed by atoms with Crippen molar-refractivity contribution in [2.45, 2.75) is 31.5 Å². The summed E-state index contributed by atoms with van der Waals surface area (Å²) < 4.78 is 46.4. The molecule has 0 aliphatic heterocycles. The highest BCUT2D eigenvalue weighted by Gasteiger charge is 2.59. The number of ether oxygens (including phenoxy) is 1. The molecule has 2 unspecified atom stereocenters. The zero-order valence-corrected chi connectivity index (χ0v) is 14.1. The standard InChI is InChI=1S/C17H17ClF3NO2/c1-10-6-12(9-22-8-10)16(23,17(19,20)21)11(2)14-5-4-13(24-3)7-15(14)18/h4-9,11,23H,1-3H3. The lowest BCUT2D eigenvalue weighted by Gasteiger charge is -2.36. The average molecular weight is 360 g/mol. The molecule has 0 amide bonds. The van der Waals surface area contributed by atoms with Gasteiger partial charge in [0.2, 0.25) is 0 Å². The Hall–Kier alpha value is -1.79.